The summed E-state index contributed by atoms with van der Waals surface area (Å²) in [5.74, 6) is 2.66. The van der Waals surface area contributed by atoms with Gasteiger partial charge in [-0.15, -0.1) is 6.40 Å². The van der Waals surface area contributed by atoms with Gasteiger partial charge in [-0.05, 0) is 26.0 Å². The molecule has 0 radical (unpaired) electrons. The third kappa shape index (κ3) is 3.24. The molecule has 1 rings (SSSR count). The zero-order valence-corrected chi connectivity index (χ0v) is 8.75. The molecule has 14 heavy (non-hydrogen) atoms. The summed E-state index contributed by atoms with van der Waals surface area (Å²) in [7, 11) is 1.86. The van der Waals surface area contributed by atoms with E-state index in [1.165, 1.54) is 0 Å². The van der Waals surface area contributed by atoms with E-state index in [0.29, 0.717) is 13.0 Å². The van der Waals surface area contributed by atoms with E-state index in [-0.39, 0.29) is 0 Å². The van der Waals surface area contributed by atoms with E-state index in [1.54, 1.807) is 0 Å². The summed E-state index contributed by atoms with van der Waals surface area (Å²) in [4.78, 5) is 1.85. The van der Waals surface area contributed by atoms with Crippen LogP contribution >= 0.6 is 0 Å². The molecule has 1 aromatic rings. The summed E-state index contributed by atoms with van der Waals surface area (Å²) < 4.78 is 15.0. The van der Waals surface area contributed by atoms with Gasteiger partial charge in [-0.3, -0.25) is 4.90 Å². The predicted octanol–water partition coefficient (Wildman–Crippen LogP) is 2.18. The average Bonchev–Trinajstić information content (AvgIpc) is 2.26. The molecular weight excluding hydrogens is 170 g/mol. The number of rotatable bonds is 4. The van der Waals surface area contributed by atoms with E-state index in [1.807, 2.05) is 49.2 Å². The molecule has 0 spiro atoms. The Hall–Kier alpha value is -1.26. The van der Waals surface area contributed by atoms with Gasteiger partial charge in [-0.25, -0.2) is 0 Å². The summed E-state index contributed by atoms with van der Waals surface area (Å²) in [6.45, 7) is 2.32. The minimum atomic E-state index is -0.689. The van der Waals surface area contributed by atoms with Crippen molar-refractivity contribution in [1.82, 2.24) is 4.90 Å². The van der Waals surface area contributed by atoms with E-state index in [2.05, 4.69) is 12.3 Å². The highest BCUT2D eigenvalue weighted by Gasteiger charge is 2.07. The van der Waals surface area contributed by atoms with E-state index in [4.69, 9.17) is 2.74 Å². The third-order valence-corrected chi connectivity index (χ3v) is 2.27. The van der Waals surface area contributed by atoms with Gasteiger partial charge in [0.2, 0.25) is 0 Å². The van der Waals surface area contributed by atoms with Crippen molar-refractivity contribution in [2.45, 2.75) is 19.4 Å². The first-order valence-corrected chi connectivity index (χ1v) is 4.71. The van der Waals surface area contributed by atoms with Crippen LogP contribution in [0, 0.1) is 12.3 Å². The van der Waals surface area contributed by atoms with E-state index < -0.39 is 6.02 Å². The van der Waals surface area contributed by atoms with Gasteiger partial charge in [0, 0.05) is 7.39 Å². The summed E-state index contributed by atoms with van der Waals surface area (Å²) in [6.07, 6.45) is 2.77. The lowest BCUT2D eigenvalue weighted by atomic mass is 10.1. The standard InChI is InChI=1S/C13H17N/c1-4-10-14(3)12(2)11-13-8-6-5-7-9-13/h1,5-9,12H,10-11H2,2-3H3/t12-/m0/s1/i1D,12D. The number of hydrogen-bond acceptors (Lipinski definition) is 1. The van der Waals surface area contributed by atoms with Crippen molar-refractivity contribution in [3.05, 3.63) is 35.9 Å². The molecule has 0 fully saturated rings. The minimum Gasteiger partial charge on any atom is -0.292 e. The van der Waals surface area contributed by atoms with Gasteiger partial charge < -0.3 is 0 Å². The molecule has 0 aromatic heterocycles. The molecule has 1 atom stereocenters. The maximum atomic E-state index is 8.24. The van der Waals surface area contributed by atoms with Crippen LogP contribution in [-0.4, -0.2) is 24.5 Å². The van der Waals surface area contributed by atoms with Crippen molar-refractivity contribution >= 4 is 0 Å². The molecule has 74 valence electrons. The highest BCUT2D eigenvalue weighted by molar-refractivity contribution is 5.15. The van der Waals surface area contributed by atoms with E-state index in [0.717, 1.165) is 5.56 Å². The summed E-state index contributed by atoms with van der Waals surface area (Å²) in [6, 6.07) is 9.29. The van der Waals surface area contributed by atoms with Crippen LogP contribution in [0.4, 0.5) is 0 Å². The molecule has 0 saturated carbocycles. The van der Waals surface area contributed by atoms with Crippen LogP contribution in [0.2, 0.25) is 0 Å². The topological polar surface area (TPSA) is 3.24 Å². The fourth-order valence-corrected chi connectivity index (χ4v) is 1.28. The molecule has 0 aliphatic heterocycles. The molecule has 0 aliphatic carbocycles. The van der Waals surface area contributed by atoms with Gasteiger partial charge in [0.15, 0.2) is 0 Å². The van der Waals surface area contributed by atoms with Gasteiger partial charge in [0.25, 0.3) is 0 Å². The Bertz CT molecular complexity index is 376. The summed E-state index contributed by atoms with van der Waals surface area (Å²) in [5, 5.41) is 0. The first kappa shape index (κ1) is 8.08. The van der Waals surface area contributed by atoms with Gasteiger partial charge >= 0.3 is 0 Å². The molecule has 0 saturated heterocycles. The molecule has 0 amide bonds. The Morgan fingerprint density at radius 2 is 2.29 bits per heavy atom. The zero-order chi connectivity index (χ0) is 12.0. The molecule has 0 unspecified atom stereocenters. The van der Waals surface area contributed by atoms with Crippen LogP contribution in [0.25, 0.3) is 0 Å². The second-order valence-electron chi connectivity index (χ2n) is 3.43. The van der Waals surface area contributed by atoms with Gasteiger partial charge in [-0.1, -0.05) is 36.3 Å². The lowest BCUT2D eigenvalue weighted by Gasteiger charge is -2.22. The van der Waals surface area contributed by atoms with Crippen molar-refractivity contribution < 1.29 is 2.74 Å². The number of benzene rings is 1. The molecule has 0 N–H and O–H groups in total. The van der Waals surface area contributed by atoms with E-state index in [9.17, 15) is 0 Å². The van der Waals surface area contributed by atoms with Gasteiger partial charge in [0.1, 0.15) is 1.37 Å². The third-order valence-electron chi connectivity index (χ3n) is 2.27. The number of likely N-dealkylation sites (N-methyl/N-ethyl adjacent to an activating group) is 1. The van der Waals surface area contributed by atoms with Crippen molar-refractivity contribution in [3.63, 3.8) is 0 Å². The normalized spacial score (nSPS) is 16.2. The summed E-state index contributed by atoms with van der Waals surface area (Å²) in [5.41, 5.74) is 1.14. The van der Waals surface area contributed by atoms with Crippen LogP contribution in [0.5, 0.6) is 0 Å². The summed E-state index contributed by atoms with van der Waals surface area (Å²) >= 11 is 0. The monoisotopic (exact) mass is 189 g/mol. The van der Waals surface area contributed by atoms with Crippen molar-refractivity contribution in [2.24, 2.45) is 0 Å². The minimum absolute atomic E-state index is 0.455. The van der Waals surface area contributed by atoms with Crippen LogP contribution < -0.4 is 0 Å². The lowest BCUT2D eigenvalue weighted by Crippen LogP contribution is -2.31. The zero-order valence-electron chi connectivity index (χ0n) is 10.7. The first-order chi connectivity index (χ1) is 7.56. The molecular formula is C13H17N. The second-order valence-corrected chi connectivity index (χ2v) is 3.43. The number of nitrogens with zero attached hydrogens (tertiary/aromatic N) is 1. The van der Waals surface area contributed by atoms with Gasteiger partial charge in [0.05, 0.1) is 6.54 Å². The molecule has 0 bridgehead atoms. The Morgan fingerprint density at radius 1 is 1.57 bits per heavy atom. The van der Waals surface area contributed by atoms with Crippen molar-refractivity contribution in [2.75, 3.05) is 13.6 Å². The molecule has 1 aromatic carbocycles. The average molecular weight is 189 g/mol. The Balaban J connectivity index is 2.66. The van der Waals surface area contributed by atoms with Gasteiger partial charge in [-0.2, -0.15) is 0 Å². The highest BCUT2D eigenvalue weighted by atomic mass is 15.1. The lowest BCUT2D eigenvalue weighted by molar-refractivity contribution is 0.287. The molecule has 1 heteroatoms. The van der Waals surface area contributed by atoms with Crippen LogP contribution in [0.1, 0.15) is 15.2 Å². The van der Waals surface area contributed by atoms with Crippen LogP contribution in [-0.2, 0) is 6.42 Å². The van der Waals surface area contributed by atoms with Crippen LogP contribution in [0.3, 0.4) is 0 Å². The fraction of sp³-hybridized carbons (Fsp3) is 0.385. The number of terminal acetylenes is 1. The predicted molar refractivity (Wildman–Crippen MR) is 61.1 cm³/mol. The first-order valence-electron chi connectivity index (χ1n) is 5.71. The Morgan fingerprint density at radius 3 is 2.93 bits per heavy atom. The highest BCUT2D eigenvalue weighted by Crippen LogP contribution is 2.06. The Labute approximate surface area is 89.6 Å². The molecule has 0 heterocycles. The van der Waals surface area contributed by atoms with Crippen molar-refractivity contribution in [1.29, 1.82) is 0 Å². The fourth-order valence-electron chi connectivity index (χ4n) is 1.28. The number of hydrogen-bond donors (Lipinski definition) is 0. The maximum absolute atomic E-state index is 8.24. The SMILES string of the molecule is [2H]C#CCN(C)[C@@]([2H])(C)Cc1ccccc1. The maximum Gasteiger partial charge on any atom is 0.124 e. The van der Waals surface area contributed by atoms with Crippen LogP contribution in [0.15, 0.2) is 30.3 Å². The molecule has 0 aliphatic rings. The smallest absolute Gasteiger partial charge is 0.124 e. The second kappa shape index (κ2) is 5.47. The largest absolute Gasteiger partial charge is 0.292 e. The quantitative estimate of drug-likeness (QED) is 0.656. The molecule has 1 nitrogen and oxygen atoms in total. The van der Waals surface area contributed by atoms with Crippen molar-refractivity contribution in [3.8, 4) is 12.3 Å². The van der Waals surface area contributed by atoms with E-state index >= 15 is 0 Å². The Kier molecular flexibility index (Phi) is 3.16.